The van der Waals surface area contributed by atoms with Gasteiger partial charge in [0.25, 0.3) is 5.91 Å². The first-order valence-electron chi connectivity index (χ1n) is 9.47. The first-order chi connectivity index (χ1) is 13.4. The number of rotatable bonds is 3. The van der Waals surface area contributed by atoms with E-state index in [1.165, 1.54) is 0 Å². The number of carbonyl (C=O) groups is 1. The highest BCUT2D eigenvalue weighted by Gasteiger charge is 2.33. The minimum Gasteiger partial charge on any atom is -0.361 e. The number of nitrogens with zero attached hydrogens (tertiary/aromatic N) is 5. The Morgan fingerprint density at radius 3 is 2.54 bits per heavy atom. The fourth-order valence-corrected chi connectivity index (χ4v) is 3.77. The van der Waals surface area contributed by atoms with Gasteiger partial charge in [-0.25, -0.2) is 9.97 Å². The summed E-state index contributed by atoms with van der Waals surface area (Å²) in [5, 5.41) is 7.87. The number of hydrogen-bond acceptors (Lipinski definition) is 7. The number of aromatic nitrogens is 4. The van der Waals surface area contributed by atoms with E-state index in [2.05, 4.69) is 15.3 Å². The van der Waals surface area contributed by atoms with Crippen LogP contribution in [0.3, 0.4) is 0 Å². The van der Waals surface area contributed by atoms with Crippen molar-refractivity contribution in [1.29, 1.82) is 0 Å². The summed E-state index contributed by atoms with van der Waals surface area (Å²) in [6.07, 6.45) is 2.77. The van der Waals surface area contributed by atoms with Gasteiger partial charge in [-0.15, -0.1) is 0 Å². The number of aryl methyl sites for hydroxylation is 4. The second-order valence-corrected chi connectivity index (χ2v) is 7.29. The van der Waals surface area contributed by atoms with Crippen LogP contribution in [-0.2, 0) is 0 Å². The molecule has 1 fully saturated rings. The molecule has 0 bridgehead atoms. The van der Waals surface area contributed by atoms with Crippen LogP contribution in [0.15, 0.2) is 21.2 Å². The van der Waals surface area contributed by atoms with Crippen molar-refractivity contribution in [2.45, 2.75) is 53.0 Å². The maximum Gasteiger partial charge on any atom is 0.293 e. The van der Waals surface area contributed by atoms with Crippen molar-refractivity contribution < 1.29 is 13.8 Å². The van der Waals surface area contributed by atoms with Crippen molar-refractivity contribution in [3.63, 3.8) is 0 Å². The van der Waals surface area contributed by atoms with Crippen LogP contribution in [0.2, 0.25) is 0 Å². The molecule has 1 atom stereocenters. The van der Waals surface area contributed by atoms with Gasteiger partial charge in [-0.05, 0) is 53.0 Å². The highest BCUT2D eigenvalue weighted by molar-refractivity contribution is 5.91. The molecule has 1 saturated heterocycles. The van der Waals surface area contributed by atoms with Crippen molar-refractivity contribution in [3.05, 3.63) is 46.6 Å². The molecule has 0 saturated carbocycles. The van der Waals surface area contributed by atoms with Gasteiger partial charge in [0.15, 0.2) is 5.82 Å². The monoisotopic (exact) mass is 381 g/mol. The lowest BCUT2D eigenvalue weighted by atomic mass is 10.00. The highest BCUT2D eigenvalue weighted by Crippen LogP contribution is 2.33. The molecule has 8 heteroatoms. The number of carbonyl (C=O) groups excluding carboxylic acids is 1. The molecule has 1 unspecified atom stereocenters. The molecule has 0 aliphatic carbocycles. The zero-order chi connectivity index (χ0) is 19.8. The van der Waals surface area contributed by atoms with Crippen LogP contribution >= 0.6 is 0 Å². The molecule has 1 aliphatic heterocycles. The van der Waals surface area contributed by atoms with E-state index >= 15 is 0 Å². The summed E-state index contributed by atoms with van der Waals surface area (Å²) in [6.45, 7) is 8.14. The van der Waals surface area contributed by atoms with E-state index in [9.17, 15) is 4.79 Å². The molecule has 3 aromatic heterocycles. The molecule has 0 spiro atoms. The van der Waals surface area contributed by atoms with Crippen molar-refractivity contribution >= 4 is 5.91 Å². The first kappa shape index (κ1) is 18.3. The Labute approximate surface area is 162 Å². The maximum atomic E-state index is 13.0. The van der Waals surface area contributed by atoms with E-state index in [4.69, 9.17) is 14.0 Å². The molecule has 4 rings (SSSR count). The van der Waals surface area contributed by atoms with E-state index in [0.29, 0.717) is 18.1 Å². The van der Waals surface area contributed by atoms with Gasteiger partial charge in [0, 0.05) is 18.3 Å². The second kappa shape index (κ2) is 7.18. The Bertz CT molecular complexity index is 1000. The molecule has 1 amide bonds. The zero-order valence-electron chi connectivity index (χ0n) is 16.5. The van der Waals surface area contributed by atoms with Crippen LogP contribution in [0.1, 0.15) is 64.5 Å². The third-order valence-corrected chi connectivity index (χ3v) is 5.06. The molecular weight excluding hydrogens is 358 g/mol. The largest absolute Gasteiger partial charge is 0.361 e. The molecule has 1 aliphatic rings. The van der Waals surface area contributed by atoms with E-state index in [0.717, 1.165) is 47.7 Å². The molecule has 28 heavy (non-hydrogen) atoms. The molecule has 146 valence electrons. The highest BCUT2D eigenvalue weighted by atomic mass is 16.5. The fraction of sp³-hybridized carbons (Fsp3) is 0.450. The van der Waals surface area contributed by atoms with Crippen LogP contribution in [0.25, 0.3) is 11.3 Å². The van der Waals surface area contributed by atoms with E-state index in [-0.39, 0.29) is 17.7 Å². The van der Waals surface area contributed by atoms with Crippen molar-refractivity contribution in [3.8, 4) is 11.3 Å². The predicted molar refractivity (Wildman–Crippen MR) is 101 cm³/mol. The third kappa shape index (κ3) is 3.30. The predicted octanol–water partition coefficient (Wildman–Crippen LogP) is 3.72. The second-order valence-electron chi connectivity index (χ2n) is 7.29. The van der Waals surface area contributed by atoms with Gasteiger partial charge >= 0.3 is 0 Å². The average Bonchev–Trinajstić information content (AvgIpc) is 3.26. The zero-order valence-corrected chi connectivity index (χ0v) is 16.5. The molecule has 0 radical (unpaired) electrons. The molecule has 0 N–H and O–H groups in total. The summed E-state index contributed by atoms with van der Waals surface area (Å²) in [5.41, 5.74) is 3.96. The van der Waals surface area contributed by atoms with Crippen LogP contribution in [0.5, 0.6) is 0 Å². The van der Waals surface area contributed by atoms with Crippen molar-refractivity contribution in [1.82, 2.24) is 25.2 Å². The van der Waals surface area contributed by atoms with Gasteiger partial charge in [0.05, 0.1) is 28.7 Å². The molecule has 3 aromatic rings. The minimum absolute atomic E-state index is 0.172. The Morgan fingerprint density at radius 2 is 1.86 bits per heavy atom. The van der Waals surface area contributed by atoms with Gasteiger partial charge in [0.2, 0.25) is 5.76 Å². The van der Waals surface area contributed by atoms with Crippen LogP contribution in [-0.4, -0.2) is 37.6 Å². The minimum atomic E-state index is -0.203. The first-order valence-corrected chi connectivity index (χ1v) is 9.47. The van der Waals surface area contributed by atoms with E-state index in [1.807, 2.05) is 26.8 Å². The Hall–Kier alpha value is -3.03. The number of amides is 1. The Kier molecular flexibility index (Phi) is 4.70. The third-order valence-electron chi connectivity index (χ3n) is 5.06. The summed E-state index contributed by atoms with van der Waals surface area (Å²) in [5.74, 6) is 1.44. The fourth-order valence-electron chi connectivity index (χ4n) is 3.77. The lowest BCUT2D eigenvalue weighted by Gasteiger charge is -2.34. The van der Waals surface area contributed by atoms with Crippen LogP contribution in [0, 0.1) is 27.7 Å². The summed E-state index contributed by atoms with van der Waals surface area (Å²) in [6, 6.07) is 3.39. The van der Waals surface area contributed by atoms with Gasteiger partial charge in [-0.3, -0.25) is 4.79 Å². The number of likely N-dealkylation sites (tertiary alicyclic amines) is 1. The number of piperidine rings is 1. The Balaban J connectivity index is 1.73. The lowest BCUT2D eigenvalue weighted by Crippen LogP contribution is -2.39. The van der Waals surface area contributed by atoms with Crippen molar-refractivity contribution in [2.75, 3.05) is 6.54 Å². The topological polar surface area (TPSA) is 98.2 Å². The summed E-state index contributed by atoms with van der Waals surface area (Å²) >= 11 is 0. The lowest BCUT2D eigenvalue weighted by molar-refractivity contribution is 0.0557. The Morgan fingerprint density at radius 1 is 1.04 bits per heavy atom. The van der Waals surface area contributed by atoms with Crippen LogP contribution in [0.4, 0.5) is 0 Å². The van der Waals surface area contributed by atoms with Gasteiger partial charge in [-0.1, -0.05) is 10.3 Å². The van der Waals surface area contributed by atoms with E-state index < -0.39 is 0 Å². The van der Waals surface area contributed by atoms with Crippen LogP contribution < -0.4 is 0 Å². The van der Waals surface area contributed by atoms with Crippen molar-refractivity contribution in [2.24, 2.45) is 0 Å². The summed E-state index contributed by atoms with van der Waals surface area (Å²) in [4.78, 5) is 24.3. The standard InChI is InChI=1S/C20H23N5O3/c1-11-9-15(18-13(3)24-27-14(18)4)22-19(21-11)16-7-5-6-8-25(16)20(26)17-10-12(2)23-28-17/h9-10,16H,5-8H2,1-4H3. The maximum absolute atomic E-state index is 13.0. The molecular formula is C20H23N5O3. The smallest absolute Gasteiger partial charge is 0.293 e. The average molecular weight is 381 g/mol. The molecule has 4 heterocycles. The SMILES string of the molecule is Cc1cc(C(=O)N2CCCCC2c2nc(C)cc(-c3c(C)noc3C)n2)on1. The van der Waals surface area contributed by atoms with Gasteiger partial charge in [0.1, 0.15) is 5.76 Å². The van der Waals surface area contributed by atoms with Gasteiger partial charge in [-0.2, -0.15) is 0 Å². The summed E-state index contributed by atoms with van der Waals surface area (Å²) in [7, 11) is 0. The van der Waals surface area contributed by atoms with Gasteiger partial charge < -0.3 is 13.9 Å². The molecule has 0 aromatic carbocycles. The normalized spacial score (nSPS) is 17.1. The molecule has 8 nitrogen and oxygen atoms in total. The van der Waals surface area contributed by atoms with E-state index in [1.54, 1.807) is 17.9 Å². The quantitative estimate of drug-likeness (QED) is 0.682. The number of hydrogen-bond donors (Lipinski definition) is 0. The summed E-state index contributed by atoms with van der Waals surface area (Å²) < 4.78 is 10.5.